The van der Waals surface area contributed by atoms with Crippen LogP contribution in [0.25, 0.3) is 0 Å². The molecule has 0 radical (unpaired) electrons. The summed E-state index contributed by atoms with van der Waals surface area (Å²) >= 11 is 0. The van der Waals surface area contributed by atoms with Gasteiger partial charge in [0.15, 0.2) is 6.10 Å². The lowest BCUT2D eigenvalue weighted by Gasteiger charge is -2.19. The van der Waals surface area contributed by atoms with Crippen LogP contribution in [0.15, 0.2) is 24.3 Å². The number of rotatable bonds is 2. The fourth-order valence-corrected chi connectivity index (χ4v) is 1.27. The Balaban J connectivity index is 2.70. The molecule has 1 unspecified atom stereocenters. The lowest BCUT2D eigenvalue weighted by molar-refractivity contribution is -0.206. The molecule has 0 spiro atoms. The highest BCUT2D eigenvalue weighted by Gasteiger charge is 2.39. The molecule has 0 bridgehead atoms. The van der Waals surface area contributed by atoms with Gasteiger partial charge >= 0.3 is 12.3 Å². The molecule has 1 aromatic carbocycles. The summed E-state index contributed by atoms with van der Waals surface area (Å²) in [5, 5.41) is 9.03. The van der Waals surface area contributed by atoms with Crippen LogP contribution in [-0.4, -0.2) is 23.0 Å². The van der Waals surface area contributed by atoms with Crippen LogP contribution in [0.2, 0.25) is 0 Å². The fraction of sp³-hybridized carbons (Fsp3) is 0.462. The van der Waals surface area contributed by atoms with Crippen molar-refractivity contribution in [3.8, 4) is 5.75 Å². The van der Waals surface area contributed by atoms with Crippen LogP contribution in [0.1, 0.15) is 32.4 Å². The second-order valence-corrected chi connectivity index (χ2v) is 5.08. The molecule has 7 heteroatoms. The Hall–Kier alpha value is -1.76. The summed E-state index contributed by atoms with van der Waals surface area (Å²) in [5.74, 6) is 0.0253. The van der Waals surface area contributed by atoms with Crippen molar-refractivity contribution in [1.29, 1.82) is 0 Å². The molecule has 4 nitrogen and oxygen atoms in total. The van der Waals surface area contributed by atoms with Gasteiger partial charge in [-0.2, -0.15) is 13.2 Å². The van der Waals surface area contributed by atoms with E-state index in [0.717, 1.165) is 24.3 Å². The van der Waals surface area contributed by atoms with Gasteiger partial charge in [0.05, 0.1) is 0 Å². The van der Waals surface area contributed by atoms with Crippen molar-refractivity contribution >= 4 is 6.16 Å². The van der Waals surface area contributed by atoms with E-state index in [1.54, 1.807) is 20.8 Å². The van der Waals surface area contributed by atoms with Crippen molar-refractivity contribution in [1.82, 2.24) is 0 Å². The van der Waals surface area contributed by atoms with Gasteiger partial charge in [0.1, 0.15) is 11.4 Å². The minimum atomic E-state index is -4.74. The number of carbonyl (C=O) groups is 1. The molecule has 0 aliphatic heterocycles. The Morgan fingerprint density at radius 2 is 1.65 bits per heavy atom. The normalized spacial score (nSPS) is 13.8. The van der Waals surface area contributed by atoms with Gasteiger partial charge in [0.2, 0.25) is 0 Å². The van der Waals surface area contributed by atoms with Crippen molar-refractivity contribution in [2.75, 3.05) is 0 Å². The van der Waals surface area contributed by atoms with Crippen molar-refractivity contribution in [2.45, 2.75) is 38.7 Å². The van der Waals surface area contributed by atoms with E-state index in [-0.39, 0.29) is 11.3 Å². The first-order valence-electron chi connectivity index (χ1n) is 5.74. The second-order valence-electron chi connectivity index (χ2n) is 5.08. The molecule has 1 rings (SSSR count). The highest BCUT2D eigenvalue weighted by molar-refractivity contribution is 5.64. The molecule has 0 saturated heterocycles. The summed E-state index contributed by atoms with van der Waals surface area (Å²) in [7, 11) is 0. The van der Waals surface area contributed by atoms with Crippen LogP contribution in [0.5, 0.6) is 5.75 Å². The summed E-state index contributed by atoms with van der Waals surface area (Å²) in [5.41, 5.74) is -1.07. The first-order valence-corrected chi connectivity index (χ1v) is 5.74. The minimum Gasteiger partial charge on any atom is -0.428 e. The second kappa shape index (κ2) is 5.70. The van der Waals surface area contributed by atoms with Gasteiger partial charge in [-0.25, -0.2) is 4.79 Å². The van der Waals surface area contributed by atoms with Crippen molar-refractivity contribution < 1.29 is 32.5 Å². The van der Waals surface area contributed by atoms with Gasteiger partial charge in [0, 0.05) is 0 Å². The molecule has 0 heterocycles. The topological polar surface area (TPSA) is 55.8 Å². The molecule has 0 aliphatic rings. The Morgan fingerprint density at radius 3 is 2.05 bits per heavy atom. The predicted octanol–water partition coefficient (Wildman–Crippen LogP) is 3.60. The maximum absolute atomic E-state index is 12.3. The molecule has 0 fully saturated rings. The zero-order chi connectivity index (χ0) is 15.6. The van der Waals surface area contributed by atoms with Gasteiger partial charge in [-0.3, -0.25) is 0 Å². The molecule has 0 amide bonds. The Kier molecular flexibility index (Phi) is 4.65. The number of hydrogen-bond donors (Lipinski definition) is 1. The summed E-state index contributed by atoms with van der Waals surface area (Å²) in [6.07, 6.45) is -8.27. The first kappa shape index (κ1) is 16.3. The lowest BCUT2D eigenvalue weighted by Crippen LogP contribution is -2.26. The molecular weight excluding hydrogens is 277 g/mol. The zero-order valence-corrected chi connectivity index (χ0v) is 11.2. The molecule has 20 heavy (non-hydrogen) atoms. The SMILES string of the molecule is CC(C)(C)OC(=O)Oc1ccc(C(O)C(F)(F)F)cc1. The zero-order valence-electron chi connectivity index (χ0n) is 11.2. The third kappa shape index (κ3) is 5.08. The van der Waals surface area contributed by atoms with Gasteiger partial charge in [-0.05, 0) is 38.5 Å². The molecule has 112 valence electrons. The monoisotopic (exact) mass is 292 g/mol. The third-order valence-electron chi connectivity index (χ3n) is 2.10. The molecule has 0 saturated carbocycles. The number of aliphatic hydroxyl groups is 1. The third-order valence-corrected chi connectivity index (χ3v) is 2.10. The quantitative estimate of drug-likeness (QED) is 0.668. The van der Waals surface area contributed by atoms with Crippen LogP contribution in [0.4, 0.5) is 18.0 Å². The van der Waals surface area contributed by atoms with E-state index in [9.17, 15) is 18.0 Å². The highest BCUT2D eigenvalue weighted by atomic mass is 19.4. The minimum absolute atomic E-state index is 0.0253. The number of aliphatic hydroxyl groups excluding tert-OH is 1. The van der Waals surface area contributed by atoms with Gasteiger partial charge < -0.3 is 14.6 Å². The van der Waals surface area contributed by atoms with E-state index in [2.05, 4.69) is 0 Å². The van der Waals surface area contributed by atoms with Gasteiger partial charge in [-0.15, -0.1) is 0 Å². The standard InChI is InChI=1S/C13H15F3O4/c1-12(2,3)20-11(18)19-9-6-4-8(5-7-9)10(17)13(14,15)16/h4-7,10,17H,1-3H3. The molecule has 1 atom stereocenters. The smallest absolute Gasteiger partial charge is 0.428 e. The molecule has 0 aromatic heterocycles. The maximum atomic E-state index is 12.3. The molecule has 1 N–H and O–H groups in total. The number of hydrogen-bond acceptors (Lipinski definition) is 4. The number of ether oxygens (including phenoxy) is 2. The van der Waals surface area contributed by atoms with Crippen LogP contribution >= 0.6 is 0 Å². The van der Waals surface area contributed by atoms with E-state index >= 15 is 0 Å². The number of carbonyl (C=O) groups excluding carboxylic acids is 1. The van der Waals surface area contributed by atoms with Crippen molar-refractivity contribution in [3.05, 3.63) is 29.8 Å². The van der Waals surface area contributed by atoms with Crippen LogP contribution in [0, 0.1) is 0 Å². The Bertz CT molecular complexity index is 460. The molecular formula is C13H15F3O4. The van der Waals surface area contributed by atoms with Gasteiger partial charge in [-0.1, -0.05) is 12.1 Å². The summed E-state index contributed by atoms with van der Waals surface area (Å²) in [6, 6.07) is 4.35. The van der Waals surface area contributed by atoms with E-state index < -0.39 is 24.0 Å². The Morgan fingerprint density at radius 1 is 1.15 bits per heavy atom. The molecule has 0 aliphatic carbocycles. The van der Waals surface area contributed by atoms with E-state index in [4.69, 9.17) is 14.6 Å². The predicted molar refractivity (Wildman–Crippen MR) is 64.3 cm³/mol. The van der Waals surface area contributed by atoms with Crippen molar-refractivity contribution in [3.63, 3.8) is 0 Å². The van der Waals surface area contributed by atoms with E-state index in [0.29, 0.717) is 0 Å². The van der Waals surface area contributed by atoms with Crippen molar-refractivity contribution in [2.24, 2.45) is 0 Å². The van der Waals surface area contributed by atoms with Crippen LogP contribution in [0.3, 0.4) is 0 Å². The molecule has 1 aromatic rings. The lowest BCUT2D eigenvalue weighted by atomic mass is 10.1. The number of halogens is 3. The highest BCUT2D eigenvalue weighted by Crippen LogP contribution is 2.33. The summed E-state index contributed by atoms with van der Waals surface area (Å²) in [4.78, 5) is 11.3. The average molecular weight is 292 g/mol. The largest absolute Gasteiger partial charge is 0.514 e. The van der Waals surface area contributed by atoms with Crippen LogP contribution < -0.4 is 4.74 Å². The first-order chi connectivity index (χ1) is 8.99. The average Bonchev–Trinajstić information content (AvgIpc) is 2.25. The van der Waals surface area contributed by atoms with Crippen LogP contribution in [-0.2, 0) is 4.74 Å². The Labute approximate surface area is 114 Å². The van der Waals surface area contributed by atoms with Gasteiger partial charge in [0.25, 0.3) is 0 Å². The number of alkyl halides is 3. The fourth-order valence-electron chi connectivity index (χ4n) is 1.27. The maximum Gasteiger partial charge on any atom is 0.514 e. The summed E-state index contributed by atoms with van der Waals surface area (Å²) < 4.78 is 46.5. The van der Waals surface area contributed by atoms with E-state index in [1.807, 2.05) is 0 Å². The summed E-state index contributed by atoms with van der Waals surface area (Å²) in [6.45, 7) is 4.95. The van der Waals surface area contributed by atoms with E-state index in [1.165, 1.54) is 0 Å². The number of benzene rings is 1.